The van der Waals surface area contributed by atoms with E-state index in [0.29, 0.717) is 17.4 Å². The monoisotopic (exact) mass is 504 g/mol. The molecule has 0 bridgehead atoms. The fraction of sp³-hybridized carbons (Fsp3) is 0.381. The zero-order chi connectivity index (χ0) is 25.8. The molecule has 8 nitrogen and oxygen atoms in total. The first-order chi connectivity index (χ1) is 15.7. The highest BCUT2D eigenvalue weighted by atomic mass is 32.1. The largest absolute Gasteiger partial charge is 0.478 e. The maximum atomic E-state index is 14.7. The second-order valence-corrected chi connectivity index (χ2v) is 9.05. The minimum absolute atomic E-state index is 0.0360. The van der Waals surface area contributed by atoms with Gasteiger partial charge >= 0.3 is 12.0 Å². The summed E-state index contributed by atoms with van der Waals surface area (Å²) in [7, 11) is 0. The number of thiophene rings is 1. The van der Waals surface area contributed by atoms with Crippen molar-refractivity contribution in [3.8, 4) is 0 Å². The van der Waals surface area contributed by atoms with Gasteiger partial charge in [0.2, 0.25) is 0 Å². The summed E-state index contributed by atoms with van der Waals surface area (Å²) in [5.74, 6) is -12.7. The molecule has 1 heterocycles. The Balaban J connectivity index is 2.22. The lowest BCUT2D eigenvalue weighted by atomic mass is 9.90. The number of nitrogens with one attached hydrogen (secondary N) is 2. The standard InChI is InChI=1S/C21H24F4N4O4S/c1-10(2)8-21(25,18(31)32)28-5-3-4-13-14(22)6-11(9-20(13,23)24)15-7-12(16(26)30)17(34-15)29-19(27)33/h3-4,6-7,9-10,13,28H,5,8H2,1-2H3,(H2,26,30)(H,31,32)(H3,27,29,33)/b4-3+/t13?,21-/m0/s1. The normalized spacial score (nSPS) is 19.4. The van der Waals surface area contributed by atoms with E-state index >= 15 is 0 Å². The van der Waals surface area contributed by atoms with Gasteiger partial charge in [0.1, 0.15) is 10.8 Å². The van der Waals surface area contributed by atoms with Gasteiger partial charge in [-0.05, 0) is 29.7 Å². The highest BCUT2D eigenvalue weighted by Gasteiger charge is 2.42. The SMILES string of the molecule is CC(C)C[C@](F)(NC/C=C/C1C(F)=CC(c2cc(C(N)=O)c(NC(N)=O)s2)=CC1(F)F)C(=O)O. The van der Waals surface area contributed by atoms with Crippen molar-refractivity contribution in [1.82, 2.24) is 5.32 Å². The van der Waals surface area contributed by atoms with Gasteiger partial charge in [-0.1, -0.05) is 26.0 Å². The van der Waals surface area contributed by atoms with Gasteiger partial charge in [0.05, 0.1) is 11.5 Å². The van der Waals surface area contributed by atoms with Crippen molar-refractivity contribution in [3.05, 3.63) is 46.6 Å². The van der Waals surface area contributed by atoms with Gasteiger partial charge in [-0.3, -0.25) is 15.4 Å². The third kappa shape index (κ3) is 6.44. The molecule has 1 aliphatic rings. The van der Waals surface area contributed by atoms with E-state index in [1.807, 2.05) is 0 Å². The van der Waals surface area contributed by atoms with E-state index in [-0.39, 0.29) is 33.4 Å². The Morgan fingerprint density at radius 3 is 2.47 bits per heavy atom. The van der Waals surface area contributed by atoms with E-state index in [1.54, 1.807) is 13.8 Å². The van der Waals surface area contributed by atoms with E-state index < -0.39 is 47.9 Å². The molecule has 186 valence electrons. The van der Waals surface area contributed by atoms with Crippen LogP contribution in [-0.4, -0.2) is 41.3 Å². The summed E-state index contributed by atoms with van der Waals surface area (Å²) in [5.41, 5.74) is 9.81. The number of rotatable bonds is 10. The molecule has 1 aliphatic carbocycles. The first-order valence-electron chi connectivity index (χ1n) is 9.98. The molecule has 0 aromatic carbocycles. The number of carbonyl (C=O) groups is 3. The Labute approximate surface area is 196 Å². The predicted molar refractivity (Wildman–Crippen MR) is 120 cm³/mol. The second kappa shape index (κ2) is 10.4. The van der Waals surface area contributed by atoms with E-state index in [2.05, 4.69) is 10.6 Å². The number of anilines is 1. The number of carboxylic acids is 1. The van der Waals surface area contributed by atoms with Crippen LogP contribution in [0.4, 0.5) is 27.4 Å². The van der Waals surface area contributed by atoms with Crippen molar-refractivity contribution in [1.29, 1.82) is 0 Å². The molecular formula is C21H24F4N4O4S. The van der Waals surface area contributed by atoms with E-state index in [1.165, 1.54) is 0 Å². The highest BCUT2D eigenvalue weighted by molar-refractivity contribution is 7.17. The molecule has 0 radical (unpaired) electrons. The smallest absolute Gasteiger partial charge is 0.356 e. The lowest BCUT2D eigenvalue weighted by molar-refractivity contribution is -0.154. The third-order valence-electron chi connectivity index (χ3n) is 4.73. The molecule has 0 fully saturated rings. The number of alkyl halides is 3. The molecule has 1 unspecified atom stereocenters. The first kappa shape index (κ1) is 27.1. The Kier molecular flexibility index (Phi) is 8.26. The van der Waals surface area contributed by atoms with E-state index in [4.69, 9.17) is 16.6 Å². The molecular weight excluding hydrogens is 480 g/mol. The maximum Gasteiger partial charge on any atom is 0.356 e. The van der Waals surface area contributed by atoms with Crippen molar-refractivity contribution in [2.24, 2.45) is 23.3 Å². The summed E-state index contributed by atoms with van der Waals surface area (Å²) in [5, 5.41) is 13.3. The zero-order valence-corrected chi connectivity index (χ0v) is 19.0. The minimum Gasteiger partial charge on any atom is -0.478 e. The summed E-state index contributed by atoms with van der Waals surface area (Å²) in [4.78, 5) is 33.9. The number of hydrogen-bond donors (Lipinski definition) is 5. The number of allylic oxidation sites excluding steroid dienone is 5. The van der Waals surface area contributed by atoms with Crippen LogP contribution in [0.25, 0.3) is 5.57 Å². The average molecular weight is 505 g/mol. The average Bonchev–Trinajstić information content (AvgIpc) is 3.09. The summed E-state index contributed by atoms with van der Waals surface area (Å²) in [6.07, 6.45) is 2.80. The van der Waals surface area contributed by atoms with Crippen molar-refractivity contribution < 1.29 is 37.1 Å². The van der Waals surface area contributed by atoms with Crippen LogP contribution in [0.15, 0.2) is 36.2 Å². The van der Waals surface area contributed by atoms with Gasteiger partial charge in [0.25, 0.3) is 17.6 Å². The van der Waals surface area contributed by atoms with Crippen LogP contribution in [0.3, 0.4) is 0 Å². The molecule has 7 N–H and O–H groups in total. The number of nitrogens with two attached hydrogens (primary N) is 2. The first-order valence-corrected chi connectivity index (χ1v) is 10.8. The van der Waals surface area contributed by atoms with Gasteiger partial charge in [0.15, 0.2) is 0 Å². The molecule has 3 amide bonds. The molecule has 2 atom stereocenters. The van der Waals surface area contributed by atoms with Crippen molar-refractivity contribution in [2.45, 2.75) is 32.0 Å². The van der Waals surface area contributed by atoms with Gasteiger partial charge in [-0.2, -0.15) is 0 Å². The number of carbonyl (C=O) groups excluding carboxylic acids is 2. The fourth-order valence-electron chi connectivity index (χ4n) is 3.27. The molecule has 0 aliphatic heterocycles. The van der Waals surface area contributed by atoms with Gasteiger partial charge in [-0.25, -0.2) is 27.2 Å². The summed E-state index contributed by atoms with van der Waals surface area (Å²) >= 11 is 0.707. The van der Waals surface area contributed by atoms with Gasteiger partial charge in [-0.15, -0.1) is 11.3 Å². The molecule has 0 saturated carbocycles. The van der Waals surface area contributed by atoms with E-state index in [9.17, 15) is 31.9 Å². The van der Waals surface area contributed by atoms with Crippen LogP contribution >= 0.6 is 11.3 Å². The molecule has 34 heavy (non-hydrogen) atoms. The lowest BCUT2D eigenvalue weighted by Crippen LogP contribution is -2.49. The van der Waals surface area contributed by atoms with Gasteiger partial charge in [0, 0.05) is 17.8 Å². The quantitative estimate of drug-likeness (QED) is 0.187. The van der Waals surface area contributed by atoms with Crippen LogP contribution in [0.5, 0.6) is 0 Å². The van der Waals surface area contributed by atoms with Crippen molar-refractivity contribution in [2.75, 3.05) is 11.9 Å². The number of aliphatic carboxylic acids is 1. The number of amides is 3. The molecule has 0 saturated heterocycles. The Morgan fingerprint density at radius 1 is 1.32 bits per heavy atom. The topological polar surface area (TPSA) is 148 Å². The highest BCUT2D eigenvalue weighted by Crippen LogP contribution is 2.43. The van der Waals surface area contributed by atoms with Crippen LogP contribution in [0, 0.1) is 11.8 Å². The van der Waals surface area contributed by atoms with Crippen LogP contribution in [0.1, 0.15) is 35.5 Å². The number of hydrogen-bond acceptors (Lipinski definition) is 5. The number of primary amides is 2. The Bertz CT molecular complexity index is 1070. The van der Waals surface area contributed by atoms with Crippen LogP contribution in [0.2, 0.25) is 0 Å². The molecule has 0 spiro atoms. The molecule has 1 aromatic rings. The number of halogens is 4. The van der Waals surface area contributed by atoms with Crippen molar-refractivity contribution in [3.63, 3.8) is 0 Å². The number of carboxylic acid groups (broad SMARTS) is 1. The molecule has 1 aromatic heterocycles. The summed E-state index contributed by atoms with van der Waals surface area (Å²) in [6.45, 7) is 2.81. The Hall–Kier alpha value is -3.19. The minimum atomic E-state index is -3.71. The Morgan fingerprint density at radius 2 is 1.97 bits per heavy atom. The van der Waals surface area contributed by atoms with Crippen LogP contribution < -0.4 is 22.1 Å². The van der Waals surface area contributed by atoms with Crippen LogP contribution in [-0.2, 0) is 4.79 Å². The van der Waals surface area contributed by atoms with E-state index in [0.717, 1.165) is 24.3 Å². The lowest BCUT2D eigenvalue weighted by Gasteiger charge is -2.25. The summed E-state index contributed by atoms with van der Waals surface area (Å²) < 4.78 is 58.6. The van der Waals surface area contributed by atoms with Crippen molar-refractivity contribution >= 4 is 39.8 Å². The second-order valence-electron chi connectivity index (χ2n) is 8.00. The predicted octanol–water partition coefficient (Wildman–Crippen LogP) is 3.78. The number of urea groups is 1. The summed E-state index contributed by atoms with van der Waals surface area (Å²) in [6, 6.07) is 0.124. The fourth-order valence-corrected chi connectivity index (χ4v) is 4.32. The maximum absolute atomic E-state index is 14.7. The van der Waals surface area contributed by atoms with Gasteiger partial charge < -0.3 is 16.6 Å². The molecule has 2 rings (SSSR count). The zero-order valence-electron chi connectivity index (χ0n) is 18.2. The third-order valence-corrected chi connectivity index (χ3v) is 5.83. The molecule has 13 heteroatoms.